The van der Waals surface area contributed by atoms with Crippen molar-refractivity contribution < 1.29 is 20.1 Å². The first-order valence-electron chi connectivity index (χ1n) is 11.8. The van der Waals surface area contributed by atoms with E-state index < -0.39 is 8.07 Å². The molecular weight excluding hydrogens is 633 g/mol. The minimum absolute atomic E-state index is 0. The van der Waals surface area contributed by atoms with Gasteiger partial charge in [0.1, 0.15) is 0 Å². The van der Waals surface area contributed by atoms with E-state index in [1.807, 2.05) is 72.9 Å². The molecule has 1 radical (unpaired) electrons. The van der Waals surface area contributed by atoms with Crippen LogP contribution in [0.25, 0.3) is 33.6 Å². The van der Waals surface area contributed by atoms with Crippen LogP contribution in [0.5, 0.6) is 0 Å². The van der Waals surface area contributed by atoms with Crippen molar-refractivity contribution in [2.75, 3.05) is 0 Å². The Labute approximate surface area is 229 Å². The van der Waals surface area contributed by atoms with Gasteiger partial charge in [0.2, 0.25) is 0 Å². The smallest absolute Gasteiger partial charge is 0.0775 e. The Morgan fingerprint density at radius 1 is 0.667 bits per heavy atom. The normalized spacial score (nSPS) is 10.6. The molecular formula is C32H30IrN2Si-2. The van der Waals surface area contributed by atoms with Crippen LogP contribution in [0.1, 0.15) is 5.56 Å². The Balaban J connectivity index is 0.000000234. The quantitative estimate of drug-likeness (QED) is 0.146. The third-order valence-corrected chi connectivity index (χ3v) is 7.87. The van der Waals surface area contributed by atoms with Crippen molar-refractivity contribution in [1.82, 2.24) is 9.97 Å². The van der Waals surface area contributed by atoms with Crippen LogP contribution < -0.4 is 5.19 Å². The first-order valence-corrected chi connectivity index (χ1v) is 15.3. The molecule has 0 unspecified atom stereocenters. The standard InChI is InChI=1S/C21H22NSi.C11H8N.Ir/c1-16-14-21(18-8-6-5-7-9-18)22-15-20(16)17-10-12-19(13-11-17)23(2,3)4;1-2-6-10(7-3-1)11-8-4-5-9-12-11;/h5-8,10-15H,1-4H3;1-6,8-9H;/q2*-1;. The van der Waals surface area contributed by atoms with Crippen molar-refractivity contribution in [2.24, 2.45) is 0 Å². The van der Waals surface area contributed by atoms with Crippen LogP contribution in [0.3, 0.4) is 0 Å². The van der Waals surface area contributed by atoms with Gasteiger partial charge in [-0.3, -0.25) is 0 Å². The molecule has 2 heterocycles. The van der Waals surface area contributed by atoms with Gasteiger partial charge in [-0.2, -0.15) is 0 Å². The zero-order valence-electron chi connectivity index (χ0n) is 21.1. The van der Waals surface area contributed by atoms with Crippen LogP contribution in [-0.2, 0) is 20.1 Å². The molecule has 5 aromatic rings. The Kier molecular flexibility index (Phi) is 9.66. The molecule has 2 nitrogen and oxygen atoms in total. The van der Waals surface area contributed by atoms with Crippen LogP contribution >= 0.6 is 0 Å². The molecule has 3 aromatic carbocycles. The molecule has 0 fully saturated rings. The molecule has 0 aliphatic rings. The van der Waals surface area contributed by atoms with Gasteiger partial charge in [0.25, 0.3) is 0 Å². The molecule has 0 amide bonds. The fourth-order valence-corrected chi connectivity index (χ4v) is 4.95. The summed E-state index contributed by atoms with van der Waals surface area (Å²) in [5.41, 5.74) is 7.71. The van der Waals surface area contributed by atoms with E-state index in [9.17, 15) is 0 Å². The zero-order chi connectivity index (χ0) is 24.7. The predicted molar refractivity (Wildman–Crippen MR) is 150 cm³/mol. The summed E-state index contributed by atoms with van der Waals surface area (Å²) in [6.45, 7) is 9.27. The average molecular weight is 663 g/mol. The minimum Gasteiger partial charge on any atom is -0.305 e. The third-order valence-electron chi connectivity index (χ3n) is 5.81. The van der Waals surface area contributed by atoms with E-state index in [4.69, 9.17) is 0 Å². The molecule has 0 saturated heterocycles. The Morgan fingerprint density at radius 3 is 1.78 bits per heavy atom. The summed E-state index contributed by atoms with van der Waals surface area (Å²) in [5.74, 6) is 0. The van der Waals surface area contributed by atoms with E-state index in [2.05, 4.69) is 79.0 Å². The summed E-state index contributed by atoms with van der Waals surface area (Å²) < 4.78 is 0. The van der Waals surface area contributed by atoms with Gasteiger partial charge in [-0.15, -0.1) is 71.8 Å². The first kappa shape index (κ1) is 27.4. The van der Waals surface area contributed by atoms with Gasteiger partial charge in [-0.05, 0) is 35.5 Å². The summed E-state index contributed by atoms with van der Waals surface area (Å²) in [5, 5.41) is 1.49. The minimum atomic E-state index is -1.24. The van der Waals surface area contributed by atoms with Gasteiger partial charge in [0.05, 0.1) is 8.07 Å². The van der Waals surface area contributed by atoms with Gasteiger partial charge in [0.15, 0.2) is 0 Å². The summed E-state index contributed by atoms with van der Waals surface area (Å²) in [7, 11) is -1.24. The second kappa shape index (κ2) is 12.7. The number of benzene rings is 3. The van der Waals surface area contributed by atoms with Crippen molar-refractivity contribution >= 4 is 13.3 Å². The van der Waals surface area contributed by atoms with Crippen LogP contribution in [0, 0.1) is 19.1 Å². The van der Waals surface area contributed by atoms with E-state index in [1.54, 1.807) is 6.20 Å². The molecule has 0 saturated carbocycles. The maximum Gasteiger partial charge on any atom is 0.0775 e. The van der Waals surface area contributed by atoms with Gasteiger partial charge >= 0.3 is 0 Å². The number of aryl methyl sites for hydroxylation is 1. The van der Waals surface area contributed by atoms with Crippen LogP contribution in [0.2, 0.25) is 19.6 Å². The number of hydrogen-bond acceptors (Lipinski definition) is 2. The van der Waals surface area contributed by atoms with Crippen molar-refractivity contribution in [2.45, 2.75) is 26.6 Å². The summed E-state index contributed by atoms with van der Waals surface area (Å²) in [6.07, 6.45) is 3.77. The van der Waals surface area contributed by atoms with E-state index >= 15 is 0 Å². The topological polar surface area (TPSA) is 25.8 Å². The van der Waals surface area contributed by atoms with Gasteiger partial charge in [-0.1, -0.05) is 67.3 Å². The fourth-order valence-electron chi connectivity index (χ4n) is 3.78. The molecule has 36 heavy (non-hydrogen) atoms. The molecule has 0 N–H and O–H groups in total. The summed E-state index contributed by atoms with van der Waals surface area (Å²) >= 11 is 0. The van der Waals surface area contributed by atoms with E-state index in [0.29, 0.717) is 0 Å². The monoisotopic (exact) mass is 663 g/mol. The van der Waals surface area contributed by atoms with Crippen molar-refractivity contribution in [3.8, 4) is 33.6 Å². The second-order valence-corrected chi connectivity index (χ2v) is 14.6. The number of rotatable bonds is 4. The third kappa shape index (κ3) is 7.17. The number of pyridine rings is 2. The van der Waals surface area contributed by atoms with Crippen molar-refractivity contribution in [3.63, 3.8) is 0 Å². The van der Waals surface area contributed by atoms with Crippen LogP contribution in [0.15, 0.2) is 109 Å². The summed E-state index contributed by atoms with van der Waals surface area (Å²) in [4.78, 5) is 8.85. The molecule has 5 rings (SSSR count). The molecule has 0 aliphatic heterocycles. The zero-order valence-corrected chi connectivity index (χ0v) is 24.5. The Morgan fingerprint density at radius 2 is 1.28 bits per heavy atom. The first-order chi connectivity index (χ1) is 16.9. The molecule has 2 aromatic heterocycles. The maximum absolute atomic E-state index is 4.63. The molecule has 0 spiro atoms. The average Bonchev–Trinajstić information content (AvgIpc) is 2.90. The van der Waals surface area contributed by atoms with E-state index in [-0.39, 0.29) is 20.1 Å². The SMILES string of the molecule is Cc1cc(-c2[c-]cccc2)ncc1-c1ccc([Si](C)(C)C)cc1.[Ir].[c-]1ccccc1-c1ccccn1. The number of hydrogen-bond donors (Lipinski definition) is 0. The Hall–Kier alpha value is -3.17. The van der Waals surface area contributed by atoms with Gasteiger partial charge in [-0.25, -0.2) is 0 Å². The Bertz CT molecular complexity index is 1310. The molecule has 0 atom stereocenters. The predicted octanol–water partition coefficient (Wildman–Crippen LogP) is 7.62. The second-order valence-electron chi connectivity index (χ2n) is 9.48. The number of aromatic nitrogens is 2. The van der Waals surface area contributed by atoms with Gasteiger partial charge < -0.3 is 9.97 Å². The van der Waals surface area contributed by atoms with Crippen LogP contribution in [0.4, 0.5) is 0 Å². The maximum atomic E-state index is 4.63. The van der Waals surface area contributed by atoms with Crippen molar-refractivity contribution in [1.29, 1.82) is 0 Å². The molecule has 4 heteroatoms. The van der Waals surface area contributed by atoms with E-state index in [1.165, 1.54) is 21.9 Å². The van der Waals surface area contributed by atoms with E-state index in [0.717, 1.165) is 22.5 Å². The van der Waals surface area contributed by atoms with Crippen molar-refractivity contribution in [3.05, 3.63) is 127 Å². The van der Waals surface area contributed by atoms with Crippen LogP contribution in [-0.4, -0.2) is 18.0 Å². The molecule has 0 aliphatic carbocycles. The number of nitrogens with zero attached hydrogens (tertiary/aromatic N) is 2. The molecule has 183 valence electrons. The summed E-state index contributed by atoms with van der Waals surface area (Å²) in [6, 6.07) is 39.2. The van der Waals surface area contributed by atoms with Gasteiger partial charge in [0, 0.05) is 38.1 Å². The molecule has 0 bridgehead atoms. The largest absolute Gasteiger partial charge is 0.305 e. The fraction of sp³-hybridized carbons (Fsp3) is 0.125.